The van der Waals surface area contributed by atoms with E-state index >= 15 is 0 Å². The van der Waals surface area contributed by atoms with Crippen LogP contribution >= 0.6 is 0 Å². The number of rotatable bonds is 7. The number of hydrogen-bond acceptors (Lipinski definition) is 4. The lowest BCUT2D eigenvalue weighted by Gasteiger charge is -2.26. The van der Waals surface area contributed by atoms with Crippen LogP contribution in [0.4, 0.5) is 5.69 Å². The van der Waals surface area contributed by atoms with Gasteiger partial charge in [0.15, 0.2) is 0 Å². The Hall–Kier alpha value is -1.90. The fourth-order valence-electron chi connectivity index (χ4n) is 2.30. The Labute approximate surface area is 143 Å². The van der Waals surface area contributed by atoms with Gasteiger partial charge in [-0.2, -0.15) is 0 Å². The van der Waals surface area contributed by atoms with Gasteiger partial charge in [-0.15, -0.1) is 0 Å². The van der Waals surface area contributed by atoms with Crippen molar-refractivity contribution in [2.24, 2.45) is 5.14 Å². The molecule has 130 valence electrons. The van der Waals surface area contributed by atoms with E-state index in [1.54, 1.807) is 24.3 Å². The van der Waals surface area contributed by atoms with Gasteiger partial charge in [0.2, 0.25) is 10.0 Å². The van der Waals surface area contributed by atoms with Crippen LogP contribution in [0.5, 0.6) is 0 Å². The molecule has 0 aromatic heterocycles. The van der Waals surface area contributed by atoms with Crippen molar-refractivity contribution in [3.8, 4) is 0 Å². The third kappa shape index (κ3) is 3.95. The smallest absolute Gasteiger partial charge is 0.264 e. The maximum absolute atomic E-state index is 13.0. The SMILES string of the molecule is CCCCN(c1ccccc1S(N)(=O)=O)S(=O)(=O)c1ccccc1. The van der Waals surface area contributed by atoms with Crippen molar-refractivity contribution in [2.75, 3.05) is 10.8 Å². The van der Waals surface area contributed by atoms with Gasteiger partial charge >= 0.3 is 0 Å². The molecule has 0 spiro atoms. The summed E-state index contributed by atoms with van der Waals surface area (Å²) in [5, 5.41) is 5.26. The highest BCUT2D eigenvalue weighted by atomic mass is 32.2. The quantitative estimate of drug-likeness (QED) is 0.811. The number of benzene rings is 2. The molecule has 0 atom stereocenters. The molecule has 6 nitrogen and oxygen atoms in total. The van der Waals surface area contributed by atoms with Crippen LogP contribution in [0, 0.1) is 0 Å². The van der Waals surface area contributed by atoms with Crippen molar-refractivity contribution in [2.45, 2.75) is 29.6 Å². The summed E-state index contributed by atoms with van der Waals surface area (Å²) in [7, 11) is -7.95. The molecule has 0 saturated heterocycles. The Morgan fingerprint density at radius 3 is 2.08 bits per heavy atom. The fraction of sp³-hybridized carbons (Fsp3) is 0.250. The van der Waals surface area contributed by atoms with E-state index in [1.165, 1.54) is 30.3 Å². The topological polar surface area (TPSA) is 97.5 Å². The summed E-state index contributed by atoms with van der Waals surface area (Å²) in [6.07, 6.45) is 1.35. The van der Waals surface area contributed by atoms with Crippen molar-refractivity contribution in [1.82, 2.24) is 0 Å². The standard InChI is InChI=1S/C16H20N2O4S2/c1-2-3-13-18(24(21,22)14-9-5-4-6-10-14)15-11-7-8-12-16(15)23(17,19)20/h4-12H,2-3,13H2,1H3,(H2,17,19,20). The first-order valence-corrected chi connectivity index (χ1v) is 10.5. The first-order valence-electron chi connectivity index (χ1n) is 7.48. The molecule has 0 bridgehead atoms. The van der Waals surface area contributed by atoms with E-state index < -0.39 is 20.0 Å². The Morgan fingerprint density at radius 1 is 0.917 bits per heavy atom. The molecule has 0 saturated carbocycles. The first kappa shape index (κ1) is 18.4. The molecule has 8 heteroatoms. The monoisotopic (exact) mass is 368 g/mol. The van der Waals surface area contributed by atoms with E-state index in [2.05, 4.69) is 0 Å². The van der Waals surface area contributed by atoms with Gasteiger partial charge in [0.25, 0.3) is 10.0 Å². The summed E-state index contributed by atoms with van der Waals surface area (Å²) in [6.45, 7) is 2.10. The van der Waals surface area contributed by atoms with Crippen LogP contribution in [0.3, 0.4) is 0 Å². The van der Waals surface area contributed by atoms with E-state index in [0.717, 1.165) is 10.7 Å². The maximum Gasteiger partial charge on any atom is 0.264 e. The zero-order valence-corrected chi connectivity index (χ0v) is 14.9. The minimum Gasteiger partial charge on any atom is -0.265 e. The number of anilines is 1. The predicted octanol–water partition coefficient (Wildman–Crippen LogP) is 2.33. The van der Waals surface area contributed by atoms with Crippen LogP contribution in [0.15, 0.2) is 64.4 Å². The summed E-state index contributed by atoms with van der Waals surface area (Å²) in [6, 6.07) is 13.8. The molecule has 2 aromatic carbocycles. The first-order chi connectivity index (χ1) is 11.3. The van der Waals surface area contributed by atoms with Crippen LogP contribution in [-0.4, -0.2) is 23.4 Å². The van der Waals surface area contributed by atoms with Gasteiger partial charge in [0.1, 0.15) is 4.90 Å². The zero-order valence-electron chi connectivity index (χ0n) is 13.3. The Kier molecular flexibility index (Phi) is 5.63. The minimum atomic E-state index is -4.05. The second-order valence-corrected chi connectivity index (χ2v) is 8.65. The number of unbranched alkanes of at least 4 members (excludes halogenated alkanes) is 1. The van der Waals surface area contributed by atoms with Crippen molar-refractivity contribution >= 4 is 25.7 Å². The highest BCUT2D eigenvalue weighted by molar-refractivity contribution is 7.93. The van der Waals surface area contributed by atoms with E-state index in [9.17, 15) is 16.8 Å². The molecule has 2 aromatic rings. The normalized spacial score (nSPS) is 12.1. The van der Waals surface area contributed by atoms with Crippen molar-refractivity contribution < 1.29 is 16.8 Å². The lowest BCUT2D eigenvalue weighted by Crippen LogP contribution is -2.33. The van der Waals surface area contributed by atoms with Gasteiger partial charge in [-0.05, 0) is 30.7 Å². The lowest BCUT2D eigenvalue weighted by atomic mass is 10.3. The number of nitrogens with two attached hydrogens (primary N) is 1. The van der Waals surface area contributed by atoms with Gasteiger partial charge in [0, 0.05) is 6.54 Å². The molecular formula is C16H20N2O4S2. The molecule has 0 unspecified atom stereocenters. The van der Waals surface area contributed by atoms with Gasteiger partial charge < -0.3 is 0 Å². The minimum absolute atomic E-state index is 0.0669. The molecule has 0 aliphatic heterocycles. The number of sulfonamides is 2. The Bertz CT molecular complexity index is 895. The predicted molar refractivity (Wildman–Crippen MR) is 93.7 cm³/mol. The largest absolute Gasteiger partial charge is 0.265 e. The summed E-state index contributed by atoms with van der Waals surface area (Å²) in [5.41, 5.74) is 0.0669. The number of nitrogens with zero attached hydrogens (tertiary/aromatic N) is 1. The fourth-order valence-corrected chi connectivity index (χ4v) is 4.63. The third-order valence-electron chi connectivity index (χ3n) is 3.49. The van der Waals surface area contributed by atoms with Gasteiger partial charge in [0.05, 0.1) is 10.6 Å². The maximum atomic E-state index is 13.0. The third-order valence-corrected chi connectivity index (χ3v) is 6.27. The molecule has 0 heterocycles. The van der Waals surface area contributed by atoms with E-state index in [0.29, 0.717) is 6.42 Å². The van der Waals surface area contributed by atoms with Crippen LogP contribution in [0.2, 0.25) is 0 Å². The molecule has 0 radical (unpaired) electrons. The highest BCUT2D eigenvalue weighted by Gasteiger charge is 2.28. The Balaban J connectivity index is 2.64. The zero-order chi connectivity index (χ0) is 17.8. The van der Waals surface area contributed by atoms with Crippen molar-refractivity contribution in [3.05, 3.63) is 54.6 Å². The van der Waals surface area contributed by atoms with Crippen molar-refractivity contribution in [1.29, 1.82) is 0 Å². The van der Waals surface area contributed by atoms with Gasteiger partial charge in [-0.3, -0.25) is 4.31 Å². The van der Waals surface area contributed by atoms with Crippen LogP contribution < -0.4 is 9.44 Å². The van der Waals surface area contributed by atoms with Crippen LogP contribution in [-0.2, 0) is 20.0 Å². The van der Waals surface area contributed by atoms with E-state index in [4.69, 9.17) is 5.14 Å². The molecule has 0 aliphatic carbocycles. The summed E-state index contributed by atoms with van der Waals surface area (Å²) in [4.78, 5) is -0.106. The average Bonchev–Trinajstić information content (AvgIpc) is 2.55. The van der Waals surface area contributed by atoms with E-state index in [1.807, 2.05) is 6.92 Å². The molecule has 0 amide bonds. The summed E-state index contributed by atoms with van der Waals surface area (Å²) in [5.74, 6) is 0. The number of primary sulfonamides is 1. The second-order valence-electron chi connectivity index (χ2n) is 5.26. The Morgan fingerprint density at radius 2 is 1.50 bits per heavy atom. The van der Waals surface area contributed by atoms with Crippen LogP contribution in [0.25, 0.3) is 0 Å². The molecule has 2 N–H and O–H groups in total. The second kappa shape index (κ2) is 7.33. The van der Waals surface area contributed by atoms with E-state index in [-0.39, 0.29) is 22.0 Å². The molecule has 0 fully saturated rings. The molecule has 24 heavy (non-hydrogen) atoms. The molecule has 0 aliphatic rings. The number of hydrogen-bond donors (Lipinski definition) is 1. The van der Waals surface area contributed by atoms with Gasteiger partial charge in [-0.25, -0.2) is 22.0 Å². The summed E-state index contributed by atoms with van der Waals surface area (Å²) < 4.78 is 50.8. The van der Waals surface area contributed by atoms with Gasteiger partial charge in [-0.1, -0.05) is 43.7 Å². The average molecular weight is 368 g/mol. The lowest BCUT2D eigenvalue weighted by molar-refractivity contribution is 0.587. The van der Waals surface area contributed by atoms with Crippen molar-refractivity contribution in [3.63, 3.8) is 0 Å². The number of para-hydroxylation sites is 1. The van der Waals surface area contributed by atoms with Crippen LogP contribution in [0.1, 0.15) is 19.8 Å². The molecule has 2 rings (SSSR count). The summed E-state index contributed by atoms with van der Waals surface area (Å²) >= 11 is 0. The highest BCUT2D eigenvalue weighted by Crippen LogP contribution is 2.29. The molecular weight excluding hydrogens is 348 g/mol.